The molecule has 0 unspecified atom stereocenters. The molecule has 0 aliphatic rings. The average molecular weight is 344 g/mol. The zero-order chi connectivity index (χ0) is 17.1. The highest BCUT2D eigenvalue weighted by molar-refractivity contribution is 6.38. The predicted molar refractivity (Wildman–Crippen MR) is 90.9 cm³/mol. The molecule has 0 spiro atoms. The summed E-state index contributed by atoms with van der Waals surface area (Å²) in [6.07, 6.45) is 0. The monoisotopic (exact) mass is 343 g/mol. The van der Waals surface area contributed by atoms with E-state index in [2.05, 4.69) is 4.98 Å². The van der Waals surface area contributed by atoms with Gasteiger partial charge in [-0.1, -0.05) is 29.8 Å². The third-order valence-electron chi connectivity index (χ3n) is 3.59. The Morgan fingerprint density at radius 1 is 1.08 bits per heavy atom. The number of aromatic amines is 1. The Labute approximate surface area is 143 Å². The zero-order valence-electron chi connectivity index (χ0n) is 12.8. The summed E-state index contributed by atoms with van der Waals surface area (Å²) >= 11 is 6.19. The molecule has 0 saturated heterocycles. The van der Waals surface area contributed by atoms with Gasteiger partial charge in [0, 0.05) is 16.5 Å². The summed E-state index contributed by atoms with van der Waals surface area (Å²) in [5, 5.41) is 1.01. The normalized spacial score (nSPS) is 10.6. The molecule has 3 rings (SSSR count). The third kappa shape index (κ3) is 3.12. The molecule has 2 aromatic carbocycles. The van der Waals surface area contributed by atoms with E-state index >= 15 is 0 Å². The lowest BCUT2D eigenvalue weighted by atomic mass is 10.1. The summed E-state index contributed by atoms with van der Waals surface area (Å²) in [6, 6.07) is 13.8. The van der Waals surface area contributed by atoms with Gasteiger partial charge in [0.15, 0.2) is 12.4 Å². The van der Waals surface area contributed by atoms with E-state index in [9.17, 15) is 9.59 Å². The topological polar surface area (TPSA) is 68.4 Å². The van der Waals surface area contributed by atoms with Crippen molar-refractivity contribution in [3.8, 4) is 5.75 Å². The van der Waals surface area contributed by atoms with E-state index in [1.54, 1.807) is 43.5 Å². The van der Waals surface area contributed by atoms with E-state index in [1.807, 2.05) is 12.1 Å². The van der Waals surface area contributed by atoms with Crippen molar-refractivity contribution in [1.82, 2.24) is 4.98 Å². The number of ether oxygens (including phenoxy) is 2. The Bertz CT molecular complexity index is 899. The van der Waals surface area contributed by atoms with Crippen LogP contribution in [0.2, 0.25) is 5.02 Å². The molecule has 0 aliphatic heterocycles. The lowest BCUT2D eigenvalue weighted by molar-refractivity contribution is 0.0470. The van der Waals surface area contributed by atoms with Crippen molar-refractivity contribution in [2.45, 2.75) is 0 Å². The maximum atomic E-state index is 12.2. The Hall–Kier alpha value is -2.79. The number of carbonyl (C=O) groups is 2. The smallest absolute Gasteiger partial charge is 0.356 e. The number of nitrogens with one attached hydrogen (secondary N) is 1. The van der Waals surface area contributed by atoms with Gasteiger partial charge in [-0.3, -0.25) is 4.79 Å². The molecular weight excluding hydrogens is 330 g/mol. The second kappa shape index (κ2) is 6.76. The maximum absolute atomic E-state index is 12.2. The minimum Gasteiger partial charge on any atom is -0.497 e. The van der Waals surface area contributed by atoms with E-state index in [4.69, 9.17) is 21.1 Å². The summed E-state index contributed by atoms with van der Waals surface area (Å²) in [7, 11) is 1.54. The van der Waals surface area contributed by atoms with Crippen LogP contribution in [0, 0.1) is 0 Å². The molecule has 1 aromatic heterocycles. The fourth-order valence-corrected chi connectivity index (χ4v) is 2.60. The van der Waals surface area contributed by atoms with Gasteiger partial charge in [-0.05, 0) is 30.3 Å². The largest absolute Gasteiger partial charge is 0.497 e. The van der Waals surface area contributed by atoms with Crippen molar-refractivity contribution < 1.29 is 19.1 Å². The number of rotatable bonds is 5. The van der Waals surface area contributed by atoms with Crippen LogP contribution in [0.5, 0.6) is 5.75 Å². The number of para-hydroxylation sites is 1. The summed E-state index contributed by atoms with van der Waals surface area (Å²) in [4.78, 5) is 27.1. The van der Waals surface area contributed by atoms with Gasteiger partial charge >= 0.3 is 5.97 Å². The van der Waals surface area contributed by atoms with Gasteiger partial charge in [-0.25, -0.2) is 4.79 Å². The van der Waals surface area contributed by atoms with Crippen LogP contribution in [-0.2, 0) is 4.74 Å². The number of halogens is 1. The molecule has 1 heterocycles. The number of methoxy groups -OCH3 is 1. The minimum absolute atomic E-state index is 0.139. The quantitative estimate of drug-likeness (QED) is 0.564. The Morgan fingerprint density at radius 3 is 2.46 bits per heavy atom. The predicted octanol–water partition coefficient (Wildman–Crippen LogP) is 3.87. The van der Waals surface area contributed by atoms with E-state index in [1.165, 1.54) is 0 Å². The lowest BCUT2D eigenvalue weighted by Gasteiger charge is -2.05. The molecule has 0 fully saturated rings. The molecule has 0 saturated carbocycles. The van der Waals surface area contributed by atoms with Crippen molar-refractivity contribution in [3.05, 3.63) is 64.8 Å². The molecule has 0 bridgehead atoms. The highest BCUT2D eigenvalue weighted by Crippen LogP contribution is 2.27. The SMILES string of the molecule is COc1ccc(C(=O)COC(=O)c2[nH]c3ccccc3c2Cl)cc1. The van der Waals surface area contributed by atoms with Gasteiger partial charge in [-0.15, -0.1) is 0 Å². The molecule has 0 radical (unpaired) electrons. The molecule has 1 N–H and O–H groups in total. The minimum atomic E-state index is -0.668. The molecule has 3 aromatic rings. The Morgan fingerprint density at radius 2 is 1.79 bits per heavy atom. The van der Waals surface area contributed by atoms with Crippen LogP contribution in [0.4, 0.5) is 0 Å². The number of benzene rings is 2. The molecule has 122 valence electrons. The standard InChI is InChI=1S/C18H14ClNO4/c1-23-12-8-6-11(7-9-12)15(21)10-24-18(22)17-16(19)13-4-2-3-5-14(13)20-17/h2-9,20H,10H2,1H3. The van der Waals surface area contributed by atoms with E-state index in [-0.39, 0.29) is 23.1 Å². The summed E-state index contributed by atoms with van der Waals surface area (Å²) < 4.78 is 10.1. The zero-order valence-corrected chi connectivity index (χ0v) is 13.6. The van der Waals surface area contributed by atoms with Crippen molar-refractivity contribution in [2.24, 2.45) is 0 Å². The fraction of sp³-hybridized carbons (Fsp3) is 0.111. The van der Waals surface area contributed by atoms with Crippen LogP contribution in [0.3, 0.4) is 0 Å². The molecule has 6 heteroatoms. The van der Waals surface area contributed by atoms with Crippen LogP contribution in [-0.4, -0.2) is 30.5 Å². The molecular formula is C18H14ClNO4. The van der Waals surface area contributed by atoms with Crippen LogP contribution >= 0.6 is 11.6 Å². The third-order valence-corrected chi connectivity index (χ3v) is 3.99. The van der Waals surface area contributed by atoms with E-state index < -0.39 is 5.97 Å². The summed E-state index contributed by atoms with van der Waals surface area (Å²) in [5.74, 6) is -0.329. The van der Waals surface area contributed by atoms with E-state index in [0.717, 1.165) is 10.9 Å². The molecule has 24 heavy (non-hydrogen) atoms. The number of esters is 1. The van der Waals surface area contributed by atoms with Gasteiger partial charge in [0.25, 0.3) is 0 Å². The number of hydrogen-bond donors (Lipinski definition) is 1. The first-order valence-electron chi connectivity index (χ1n) is 7.20. The second-order valence-electron chi connectivity index (χ2n) is 5.09. The first-order valence-corrected chi connectivity index (χ1v) is 7.58. The second-order valence-corrected chi connectivity index (χ2v) is 5.47. The Balaban J connectivity index is 1.69. The highest BCUT2D eigenvalue weighted by Gasteiger charge is 2.19. The van der Waals surface area contributed by atoms with Crippen LogP contribution in [0.1, 0.15) is 20.8 Å². The molecule has 0 atom stereocenters. The van der Waals surface area contributed by atoms with Gasteiger partial charge < -0.3 is 14.5 Å². The van der Waals surface area contributed by atoms with Crippen molar-refractivity contribution in [3.63, 3.8) is 0 Å². The molecule has 0 amide bonds. The number of hydrogen-bond acceptors (Lipinski definition) is 4. The maximum Gasteiger partial charge on any atom is 0.356 e. The van der Waals surface area contributed by atoms with Gasteiger partial charge in [-0.2, -0.15) is 0 Å². The Kier molecular flexibility index (Phi) is 4.53. The van der Waals surface area contributed by atoms with E-state index in [0.29, 0.717) is 11.3 Å². The van der Waals surface area contributed by atoms with Crippen molar-refractivity contribution in [2.75, 3.05) is 13.7 Å². The van der Waals surface area contributed by atoms with Crippen molar-refractivity contribution >= 4 is 34.3 Å². The fourth-order valence-electron chi connectivity index (χ4n) is 2.31. The number of ketones is 1. The van der Waals surface area contributed by atoms with Gasteiger partial charge in [0.05, 0.1) is 12.1 Å². The van der Waals surface area contributed by atoms with Crippen LogP contribution in [0.15, 0.2) is 48.5 Å². The summed E-state index contributed by atoms with van der Waals surface area (Å²) in [5.41, 5.74) is 1.31. The number of aromatic nitrogens is 1. The van der Waals surface area contributed by atoms with Crippen LogP contribution < -0.4 is 4.74 Å². The summed E-state index contributed by atoms with van der Waals surface area (Å²) in [6.45, 7) is -0.364. The lowest BCUT2D eigenvalue weighted by Crippen LogP contribution is -2.14. The average Bonchev–Trinajstić information content (AvgIpc) is 2.96. The number of fused-ring (bicyclic) bond motifs is 1. The molecule has 5 nitrogen and oxygen atoms in total. The van der Waals surface area contributed by atoms with Crippen molar-refractivity contribution in [1.29, 1.82) is 0 Å². The first-order chi connectivity index (χ1) is 11.6. The molecule has 0 aliphatic carbocycles. The van der Waals surface area contributed by atoms with Crippen LogP contribution in [0.25, 0.3) is 10.9 Å². The number of Topliss-reactive ketones (excluding diaryl/α,β-unsaturated/α-hetero) is 1. The first kappa shape index (κ1) is 16.1. The van der Waals surface area contributed by atoms with Gasteiger partial charge in [0.1, 0.15) is 11.4 Å². The number of carbonyl (C=O) groups excluding carboxylic acids is 2. The number of H-pyrrole nitrogens is 1. The highest BCUT2D eigenvalue weighted by atomic mass is 35.5. The van der Waals surface area contributed by atoms with Gasteiger partial charge in [0.2, 0.25) is 0 Å².